The van der Waals surface area contributed by atoms with E-state index >= 15 is 0 Å². The Morgan fingerprint density at radius 1 is 1.21 bits per heavy atom. The molecule has 3 heterocycles. The number of benzene rings is 2. The van der Waals surface area contributed by atoms with Gasteiger partial charge in [0.1, 0.15) is 12.4 Å². The number of carbonyl (C=O) groups is 1. The second-order valence-corrected chi connectivity index (χ2v) is 11.4. The number of fused-ring (bicyclic) bond motifs is 3. The highest BCUT2D eigenvalue weighted by Gasteiger charge is 2.48. The number of likely N-dealkylation sites (tertiary alicyclic amines) is 1. The Morgan fingerprint density at radius 3 is 2.63 bits per heavy atom. The lowest BCUT2D eigenvalue weighted by Gasteiger charge is -2.41. The van der Waals surface area contributed by atoms with Gasteiger partial charge in [-0.15, -0.1) is 0 Å². The molecule has 7 nitrogen and oxygen atoms in total. The van der Waals surface area contributed by atoms with E-state index in [0.717, 1.165) is 17.3 Å². The summed E-state index contributed by atoms with van der Waals surface area (Å²) < 4.78 is 49.2. The smallest absolute Gasteiger partial charge is 0.418 e. The fourth-order valence-electron chi connectivity index (χ4n) is 6.20. The third kappa shape index (κ3) is 4.32. The van der Waals surface area contributed by atoms with Gasteiger partial charge in [0.25, 0.3) is 0 Å². The molecule has 2 fully saturated rings. The third-order valence-corrected chi connectivity index (χ3v) is 8.47. The summed E-state index contributed by atoms with van der Waals surface area (Å²) in [5.74, 6) is 0.127. The summed E-state index contributed by atoms with van der Waals surface area (Å²) in [4.78, 5) is 15.0. The molecule has 38 heavy (non-hydrogen) atoms. The number of rotatable bonds is 5. The van der Waals surface area contributed by atoms with Gasteiger partial charge in [-0.2, -0.15) is 18.3 Å². The number of carbonyl (C=O) groups excluding carboxylic acids is 1. The lowest BCUT2D eigenvalue weighted by molar-refractivity contribution is -0.136. The molecule has 1 spiro atoms. The van der Waals surface area contributed by atoms with Crippen LogP contribution in [0.15, 0.2) is 36.5 Å². The maximum atomic E-state index is 14.0. The van der Waals surface area contributed by atoms with E-state index in [9.17, 15) is 23.1 Å². The highest BCUT2D eigenvalue weighted by molar-refractivity contribution is 6.31. The van der Waals surface area contributed by atoms with Gasteiger partial charge in [-0.25, -0.2) is 0 Å². The first kappa shape index (κ1) is 25.5. The van der Waals surface area contributed by atoms with E-state index in [1.54, 1.807) is 19.1 Å². The molecule has 6 rings (SSSR count). The summed E-state index contributed by atoms with van der Waals surface area (Å²) in [5.41, 5.74) is -0.516. The van der Waals surface area contributed by atoms with Crippen LogP contribution in [0.4, 0.5) is 18.9 Å². The fourth-order valence-corrected chi connectivity index (χ4v) is 6.38. The van der Waals surface area contributed by atoms with Crippen LogP contribution in [0.3, 0.4) is 0 Å². The van der Waals surface area contributed by atoms with E-state index in [1.165, 1.54) is 10.9 Å². The zero-order chi connectivity index (χ0) is 26.9. The monoisotopic (exact) mass is 548 g/mol. The number of hydrogen-bond acceptors (Lipinski definition) is 5. The number of alkyl halides is 3. The summed E-state index contributed by atoms with van der Waals surface area (Å²) in [6.07, 6.45) is -1.18. The number of nitrogens with one attached hydrogen (secondary N) is 1. The Bertz CT molecular complexity index is 1400. The molecule has 1 aromatic heterocycles. The number of halogens is 4. The third-order valence-electron chi connectivity index (χ3n) is 8.23. The topological polar surface area (TPSA) is 79.6 Å². The van der Waals surface area contributed by atoms with Crippen molar-refractivity contribution in [3.63, 3.8) is 0 Å². The lowest BCUT2D eigenvalue weighted by Crippen LogP contribution is -2.47. The van der Waals surface area contributed by atoms with E-state index in [1.807, 2.05) is 12.1 Å². The average Bonchev–Trinajstić information content (AvgIpc) is 3.37. The van der Waals surface area contributed by atoms with E-state index in [2.05, 4.69) is 15.3 Å². The molecule has 1 amide bonds. The molecule has 0 radical (unpaired) electrons. The lowest BCUT2D eigenvalue weighted by atomic mass is 9.73. The van der Waals surface area contributed by atoms with Gasteiger partial charge in [0, 0.05) is 22.6 Å². The molecule has 3 aromatic rings. The molecule has 2 aliphatic heterocycles. The van der Waals surface area contributed by atoms with E-state index in [4.69, 9.17) is 16.3 Å². The summed E-state index contributed by atoms with van der Waals surface area (Å²) in [6, 6.07) is 7.79. The van der Waals surface area contributed by atoms with Crippen LogP contribution in [-0.4, -0.2) is 57.5 Å². The molecule has 11 heteroatoms. The number of aromatic nitrogens is 2. The molecule has 3 aliphatic rings. The summed E-state index contributed by atoms with van der Waals surface area (Å²) in [6.45, 7) is 3.73. The highest BCUT2D eigenvalue weighted by Crippen LogP contribution is 2.47. The highest BCUT2D eigenvalue weighted by atomic mass is 35.5. The van der Waals surface area contributed by atoms with Crippen LogP contribution in [0.5, 0.6) is 5.75 Å². The van der Waals surface area contributed by atoms with Crippen LogP contribution >= 0.6 is 11.6 Å². The summed E-state index contributed by atoms with van der Waals surface area (Å²) in [5, 5.41) is 18.2. The van der Waals surface area contributed by atoms with E-state index in [0.29, 0.717) is 55.7 Å². The second kappa shape index (κ2) is 8.86. The van der Waals surface area contributed by atoms with Crippen LogP contribution in [-0.2, 0) is 16.4 Å². The zero-order valence-electron chi connectivity index (χ0n) is 20.8. The number of amides is 1. The Morgan fingerprint density at radius 2 is 1.95 bits per heavy atom. The molecule has 0 atom stereocenters. The molecule has 1 saturated carbocycles. The van der Waals surface area contributed by atoms with Crippen molar-refractivity contribution in [3.8, 4) is 5.75 Å². The van der Waals surface area contributed by atoms with Gasteiger partial charge < -0.3 is 15.2 Å². The Kier molecular flexibility index (Phi) is 5.93. The minimum Gasteiger partial charge on any atom is -0.492 e. The van der Waals surface area contributed by atoms with Crippen LogP contribution in [0.1, 0.15) is 49.8 Å². The Hall–Kier alpha value is -2.82. The van der Waals surface area contributed by atoms with Crippen LogP contribution in [0.25, 0.3) is 10.9 Å². The Balaban J connectivity index is 1.12. The molecule has 1 saturated heterocycles. The fraction of sp³-hybridized carbons (Fsp3) is 0.481. The summed E-state index contributed by atoms with van der Waals surface area (Å²) in [7, 11) is 0. The SMILES string of the molecule is CC1(O)CC(n2ncc3cc(OCCN4CCC5(CC4)C(=O)Nc4ccc(Cl)cc45)cc(C(F)(F)F)c32)C1. The molecule has 202 valence electrons. The van der Waals surface area contributed by atoms with Crippen LogP contribution in [0, 0.1) is 0 Å². The van der Waals surface area contributed by atoms with Gasteiger partial charge in [-0.05, 0) is 81.6 Å². The average molecular weight is 549 g/mol. The molecule has 1 aliphatic carbocycles. The maximum Gasteiger partial charge on any atom is 0.418 e. The van der Waals surface area contributed by atoms with E-state index in [-0.39, 0.29) is 29.8 Å². The molecule has 0 unspecified atom stereocenters. The van der Waals surface area contributed by atoms with Gasteiger partial charge in [0.05, 0.1) is 34.3 Å². The number of hydrogen-bond donors (Lipinski definition) is 2. The van der Waals surface area contributed by atoms with Crippen molar-refractivity contribution in [1.82, 2.24) is 14.7 Å². The normalized spacial score (nSPS) is 24.9. The standard InChI is InChI=1S/C27H28ClF3N4O3/c1-25(37)13-18(14-25)35-23-16(15-32-35)10-19(12-21(23)27(29,30)31)38-9-8-34-6-4-26(5-7-34)20-11-17(28)2-3-22(20)33-24(26)36/h2-3,10-12,15,18,37H,4-9,13-14H2,1H3,(H,33,36). The molecular formula is C27H28ClF3N4O3. The van der Waals surface area contributed by atoms with Crippen molar-refractivity contribution in [3.05, 3.63) is 52.7 Å². The minimum absolute atomic E-state index is 0.00953. The van der Waals surface area contributed by atoms with Crippen molar-refractivity contribution >= 4 is 34.1 Å². The first-order chi connectivity index (χ1) is 18.0. The predicted molar refractivity (Wildman–Crippen MR) is 137 cm³/mol. The van der Waals surface area contributed by atoms with Gasteiger partial charge in [-0.3, -0.25) is 14.4 Å². The van der Waals surface area contributed by atoms with Crippen molar-refractivity contribution in [2.75, 3.05) is 31.6 Å². The van der Waals surface area contributed by atoms with Gasteiger partial charge >= 0.3 is 6.18 Å². The van der Waals surface area contributed by atoms with Crippen molar-refractivity contribution in [1.29, 1.82) is 0 Å². The number of nitrogens with zero attached hydrogens (tertiary/aromatic N) is 3. The predicted octanol–water partition coefficient (Wildman–Crippen LogP) is 5.16. The molecule has 2 aromatic carbocycles. The number of ether oxygens (including phenoxy) is 1. The van der Waals surface area contributed by atoms with Gasteiger partial charge in [0.15, 0.2) is 0 Å². The van der Waals surface area contributed by atoms with E-state index < -0.39 is 22.8 Å². The minimum atomic E-state index is -4.58. The Labute approximate surface area is 222 Å². The van der Waals surface area contributed by atoms with Crippen LogP contribution in [0.2, 0.25) is 5.02 Å². The number of aliphatic hydroxyl groups is 1. The van der Waals surface area contributed by atoms with Gasteiger partial charge in [0.2, 0.25) is 5.91 Å². The van der Waals surface area contributed by atoms with Crippen molar-refractivity contribution in [2.24, 2.45) is 0 Å². The zero-order valence-corrected chi connectivity index (χ0v) is 21.6. The number of anilines is 1. The molecule has 0 bridgehead atoms. The van der Waals surface area contributed by atoms with Crippen molar-refractivity contribution < 1.29 is 27.8 Å². The quantitative estimate of drug-likeness (QED) is 0.460. The molecule has 2 N–H and O–H groups in total. The molecular weight excluding hydrogens is 521 g/mol. The van der Waals surface area contributed by atoms with Gasteiger partial charge in [-0.1, -0.05) is 11.6 Å². The second-order valence-electron chi connectivity index (χ2n) is 11.0. The largest absolute Gasteiger partial charge is 0.492 e. The summed E-state index contributed by atoms with van der Waals surface area (Å²) >= 11 is 6.19. The van der Waals surface area contributed by atoms with Crippen molar-refractivity contribution in [2.45, 2.75) is 55.8 Å². The van der Waals surface area contributed by atoms with Crippen LogP contribution < -0.4 is 10.1 Å². The maximum absolute atomic E-state index is 14.0. The first-order valence-corrected chi connectivity index (χ1v) is 13.1. The number of piperidine rings is 1. The first-order valence-electron chi connectivity index (χ1n) is 12.7.